The van der Waals surface area contributed by atoms with Gasteiger partial charge in [-0.15, -0.1) is 0 Å². The van der Waals surface area contributed by atoms with Crippen LogP contribution >= 0.6 is 11.6 Å². The zero-order chi connectivity index (χ0) is 20.9. The van der Waals surface area contributed by atoms with E-state index in [2.05, 4.69) is 4.98 Å². The molecule has 1 amide bonds. The van der Waals surface area contributed by atoms with Crippen LogP contribution in [-0.2, 0) is 36.8 Å². The van der Waals surface area contributed by atoms with E-state index in [1.807, 2.05) is 6.92 Å². The Morgan fingerprint density at radius 2 is 2.14 bits per heavy atom. The van der Waals surface area contributed by atoms with Gasteiger partial charge in [-0.25, -0.2) is 4.79 Å². The van der Waals surface area contributed by atoms with E-state index in [0.29, 0.717) is 29.3 Å². The highest BCUT2D eigenvalue weighted by atomic mass is 35.5. The summed E-state index contributed by atoms with van der Waals surface area (Å²) in [7, 11) is 1.31. The second kappa shape index (κ2) is 7.18. The summed E-state index contributed by atoms with van der Waals surface area (Å²) in [5.74, 6) is -0.821. The predicted molar refractivity (Wildman–Crippen MR) is 102 cm³/mol. The predicted octanol–water partition coefficient (Wildman–Crippen LogP) is 2.33. The van der Waals surface area contributed by atoms with Gasteiger partial charge >= 0.3 is 11.9 Å². The standard InChI is InChI=1S/C20H19ClN2O6/c1-9-17-11(7-23(9)16(25)8-28-10(2)24)6-22-14-5-13(21)19-12(18(14)17)4-15(29-19)20(26)27-3/h5-6,9,15H,4,7-8H2,1-3H3/t9-,15?/m0/s1. The number of rotatable bonds is 3. The summed E-state index contributed by atoms with van der Waals surface area (Å²) in [4.78, 5) is 41.7. The normalized spacial score (nSPS) is 19.5. The Labute approximate surface area is 171 Å². The van der Waals surface area contributed by atoms with E-state index in [0.717, 1.165) is 22.1 Å². The fourth-order valence-electron chi connectivity index (χ4n) is 4.03. The Balaban J connectivity index is 1.77. The molecule has 9 heteroatoms. The summed E-state index contributed by atoms with van der Waals surface area (Å²) in [5, 5.41) is 1.21. The molecule has 0 bridgehead atoms. The van der Waals surface area contributed by atoms with Crippen molar-refractivity contribution in [1.82, 2.24) is 9.88 Å². The number of pyridine rings is 1. The number of hydrogen-bond acceptors (Lipinski definition) is 7. The number of benzene rings is 1. The molecule has 0 saturated heterocycles. The van der Waals surface area contributed by atoms with Crippen LogP contribution in [0.1, 0.15) is 36.6 Å². The van der Waals surface area contributed by atoms with E-state index >= 15 is 0 Å². The number of esters is 2. The topological polar surface area (TPSA) is 95.0 Å². The summed E-state index contributed by atoms with van der Waals surface area (Å²) in [6, 6.07) is 1.44. The van der Waals surface area contributed by atoms with Gasteiger partial charge in [0.2, 0.25) is 0 Å². The smallest absolute Gasteiger partial charge is 0.347 e. The maximum absolute atomic E-state index is 12.6. The van der Waals surface area contributed by atoms with E-state index in [9.17, 15) is 14.4 Å². The first-order valence-electron chi connectivity index (χ1n) is 9.12. The molecule has 0 spiro atoms. The molecule has 4 rings (SSSR count). The Morgan fingerprint density at radius 3 is 2.83 bits per heavy atom. The lowest BCUT2D eigenvalue weighted by Crippen LogP contribution is -2.32. The van der Waals surface area contributed by atoms with E-state index in [4.69, 9.17) is 25.8 Å². The molecule has 2 aromatic rings. The quantitative estimate of drug-likeness (QED) is 0.706. The first kappa shape index (κ1) is 19.4. The van der Waals surface area contributed by atoms with Crippen molar-refractivity contribution in [3.8, 4) is 5.75 Å². The van der Waals surface area contributed by atoms with Crippen LogP contribution in [0.3, 0.4) is 0 Å². The molecule has 1 unspecified atom stereocenters. The maximum atomic E-state index is 12.6. The average molecular weight is 419 g/mol. The number of carbonyl (C=O) groups excluding carboxylic acids is 3. The van der Waals surface area contributed by atoms with Gasteiger partial charge in [-0.2, -0.15) is 0 Å². The van der Waals surface area contributed by atoms with E-state index in [-0.39, 0.29) is 18.6 Å². The molecule has 2 atom stereocenters. The molecular weight excluding hydrogens is 400 g/mol. The summed E-state index contributed by atoms with van der Waals surface area (Å²) in [5.41, 5.74) is 3.29. The monoisotopic (exact) mass is 418 g/mol. The van der Waals surface area contributed by atoms with Gasteiger partial charge in [-0.3, -0.25) is 14.6 Å². The third kappa shape index (κ3) is 3.17. The van der Waals surface area contributed by atoms with Crippen molar-refractivity contribution >= 4 is 40.3 Å². The van der Waals surface area contributed by atoms with Gasteiger partial charge in [0.1, 0.15) is 5.75 Å². The van der Waals surface area contributed by atoms with Crippen molar-refractivity contribution in [2.24, 2.45) is 0 Å². The highest BCUT2D eigenvalue weighted by Gasteiger charge is 2.38. The van der Waals surface area contributed by atoms with Gasteiger partial charge in [0, 0.05) is 37.0 Å². The number of nitrogens with zero attached hydrogens (tertiary/aromatic N) is 2. The summed E-state index contributed by atoms with van der Waals surface area (Å²) in [6.45, 7) is 3.22. The highest BCUT2D eigenvalue weighted by Crippen LogP contribution is 2.46. The lowest BCUT2D eigenvalue weighted by Gasteiger charge is -2.22. The van der Waals surface area contributed by atoms with Gasteiger partial charge in [-0.1, -0.05) is 11.6 Å². The molecule has 0 aliphatic carbocycles. The van der Waals surface area contributed by atoms with Crippen LogP contribution in [0.5, 0.6) is 5.75 Å². The Bertz CT molecular complexity index is 1050. The molecule has 2 aliphatic rings. The lowest BCUT2D eigenvalue weighted by molar-refractivity contribution is -0.151. The highest BCUT2D eigenvalue weighted by molar-refractivity contribution is 6.33. The largest absolute Gasteiger partial charge is 0.476 e. The van der Waals surface area contributed by atoms with Crippen LogP contribution < -0.4 is 4.74 Å². The number of halogens is 1. The third-order valence-electron chi connectivity index (χ3n) is 5.35. The molecule has 0 N–H and O–H groups in total. The average Bonchev–Trinajstić information content (AvgIpc) is 3.28. The van der Waals surface area contributed by atoms with Crippen molar-refractivity contribution in [2.45, 2.75) is 39.0 Å². The minimum absolute atomic E-state index is 0.263. The minimum atomic E-state index is -0.771. The van der Waals surface area contributed by atoms with Crippen molar-refractivity contribution in [1.29, 1.82) is 0 Å². The van der Waals surface area contributed by atoms with E-state index in [1.54, 1.807) is 17.2 Å². The molecular formula is C20H19ClN2O6. The van der Waals surface area contributed by atoms with Crippen LogP contribution in [0.2, 0.25) is 5.02 Å². The van der Waals surface area contributed by atoms with E-state index < -0.39 is 18.0 Å². The number of amides is 1. The number of methoxy groups -OCH3 is 1. The molecule has 29 heavy (non-hydrogen) atoms. The molecule has 8 nitrogen and oxygen atoms in total. The second-order valence-corrected chi connectivity index (χ2v) is 7.48. The minimum Gasteiger partial charge on any atom is -0.476 e. The zero-order valence-electron chi connectivity index (χ0n) is 16.2. The lowest BCUT2D eigenvalue weighted by atomic mass is 9.95. The third-order valence-corrected chi connectivity index (χ3v) is 5.63. The Hall–Kier alpha value is -2.87. The molecule has 0 fully saturated rings. The molecule has 3 heterocycles. The second-order valence-electron chi connectivity index (χ2n) is 7.07. The molecule has 2 aliphatic heterocycles. The fourth-order valence-corrected chi connectivity index (χ4v) is 4.30. The zero-order valence-corrected chi connectivity index (χ0v) is 16.9. The van der Waals surface area contributed by atoms with Gasteiger partial charge in [-0.05, 0) is 24.1 Å². The molecule has 0 radical (unpaired) electrons. The van der Waals surface area contributed by atoms with Crippen LogP contribution in [0.15, 0.2) is 12.3 Å². The van der Waals surface area contributed by atoms with Gasteiger partial charge in [0.15, 0.2) is 12.7 Å². The molecule has 152 valence electrons. The van der Waals surface area contributed by atoms with Gasteiger partial charge in [0.05, 0.1) is 23.7 Å². The maximum Gasteiger partial charge on any atom is 0.347 e. The van der Waals surface area contributed by atoms with Crippen molar-refractivity contribution in [2.75, 3.05) is 13.7 Å². The van der Waals surface area contributed by atoms with Crippen LogP contribution in [0.25, 0.3) is 10.9 Å². The van der Waals surface area contributed by atoms with Crippen LogP contribution in [-0.4, -0.2) is 47.6 Å². The first-order chi connectivity index (χ1) is 13.8. The number of carbonyl (C=O) groups is 3. The number of hydrogen-bond donors (Lipinski definition) is 0. The van der Waals surface area contributed by atoms with Crippen molar-refractivity contribution < 1.29 is 28.6 Å². The molecule has 1 aromatic carbocycles. The Kier molecular flexibility index (Phi) is 4.82. The van der Waals surface area contributed by atoms with Crippen LogP contribution in [0, 0.1) is 0 Å². The number of fused-ring (bicyclic) bond motifs is 5. The van der Waals surface area contributed by atoms with E-state index in [1.165, 1.54) is 14.0 Å². The summed E-state index contributed by atoms with van der Waals surface area (Å²) in [6.07, 6.45) is 1.27. The van der Waals surface area contributed by atoms with Gasteiger partial charge < -0.3 is 19.1 Å². The van der Waals surface area contributed by atoms with Gasteiger partial charge in [0.25, 0.3) is 5.91 Å². The van der Waals surface area contributed by atoms with Crippen molar-refractivity contribution in [3.05, 3.63) is 34.0 Å². The van der Waals surface area contributed by atoms with Crippen molar-refractivity contribution in [3.63, 3.8) is 0 Å². The Morgan fingerprint density at radius 1 is 1.38 bits per heavy atom. The molecule has 1 aromatic heterocycles. The summed E-state index contributed by atoms with van der Waals surface area (Å²) >= 11 is 6.37. The molecule has 0 saturated carbocycles. The number of ether oxygens (including phenoxy) is 3. The SMILES string of the molecule is COC(=O)C1Cc2c(c(Cl)cc3ncc4c(c23)[C@H](C)N(C(=O)COC(C)=O)C4)O1. The fraction of sp³-hybridized carbons (Fsp3) is 0.400. The number of aromatic nitrogens is 1. The first-order valence-corrected chi connectivity index (χ1v) is 9.49. The van der Waals surface area contributed by atoms with Crippen LogP contribution in [0.4, 0.5) is 0 Å². The summed E-state index contributed by atoms with van der Waals surface area (Å²) < 4.78 is 15.4.